The first-order chi connectivity index (χ1) is 33.4. The molecule has 1 amide bonds. The molecule has 4 heteroatoms. The third kappa shape index (κ3) is 45.3. The molecule has 0 aliphatic carbocycles. The van der Waals surface area contributed by atoms with Crippen LogP contribution in [0.3, 0.4) is 0 Å². The number of hydrogen-bond acceptors (Lipinski definition) is 2. The summed E-state index contributed by atoms with van der Waals surface area (Å²) in [6.07, 6.45) is 72.6. The van der Waals surface area contributed by atoms with Crippen LogP contribution in [0.4, 0.5) is 0 Å². The smallest absolute Gasteiger partial charge is 0.303 e. The summed E-state index contributed by atoms with van der Waals surface area (Å²) in [4.78, 5) is 21.3. The highest BCUT2D eigenvalue weighted by atomic mass is 16.4. The lowest BCUT2D eigenvalue weighted by Crippen LogP contribution is -2.09. The number of unbranched alkanes of at least 4 members (excludes halogenated alkanes) is 48. The zero-order valence-electron chi connectivity index (χ0n) is 46.2. The molecule has 68 heavy (non-hydrogen) atoms. The van der Waals surface area contributed by atoms with Crippen LogP contribution in [0.25, 0.3) is 0 Å². The fraction of sp³-hybridized carbons (Fsp3) is 0.875. The molecule has 0 saturated carbocycles. The molecule has 1 aromatic carbocycles. The number of aryl methyl sites for hydroxylation is 2. The molecule has 0 atom stereocenters. The van der Waals surface area contributed by atoms with E-state index in [1.54, 1.807) is 16.7 Å². The Labute approximate surface area is 425 Å². The fourth-order valence-corrected chi connectivity index (χ4v) is 10.9. The molecule has 3 N–H and O–H groups in total. The molecule has 0 unspecified atom stereocenters. The Hall–Kier alpha value is -1.84. The number of carbonyl (C=O) groups excluding carboxylic acids is 1. The van der Waals surface area contributed by atoms with Crippen LogP contribution in [0.5, 0.6) is 0 Å². The number of rotatable bonds is 56. The van der Waals surface area contributed by atoms with E-state index in [-0.39, 0.29) is 5.91 Å². The first kappa shape index (κ1) is 64.2. The van der Waals surface area contributed by atoms with Gasteiger partial charge in [0.05, 0.1) is 0 Å². The second-order valence-corrected chi connectivity index (χ2v) is 22.2. The molecule has 0 spiro atoms. The van der Waals surface area contributed by atoms with Crippen molar-refractivity contribution in [1.29, 1.82) is 0 Å². The predicted octanol–water partition coefficient (Wildman–Crippen LogP) is 21.2. The van der Waals surface area contributed by atoms with Gasteiger partial charge >= 0.3 is 5.97 Å². The standard InChI is InChI=1S/C64H119NO3/c1-59-57-58-61(53-49-45-41-37-33-29-25-21-17-13-9-5-3-8-12-16-20-24-28-32-36-40-44-48-52-56-64(67)68)60(2)62(59)54-50-46-42-38-34-30-26-22-18-14-10-6-4-7-11-15-19-23-27-31-35-39-43-47-51-55-63(65)66/h57-58H,3-56H2,1-2H3,(H2,65,66)(H,67,68). The molecule has 0 fully saturated rings. The van der Waals surface area contributed by atoms with Gasteiger partial charge in [-0.25, -0.2) is 0 Å². The van der Waals surface area contributed by atoms with Crippen LogP contribution in [-0.2, 0) is 22.4 Å². The lowest BCUT2D eigenvalue weighted by molar-refractivity contribution is -0.137. The van der Waals surface area contributed by atoms with Crippen LogP contribution >= 0.6 is 0 Å². The second-order valence-electron chi connectivity index (χ2n) is 22.2. The SMILES string of the molecule is Cc1ccc(CCCCCCCCCCCCCCCCCCCCCCCCCCCC(=O)O)c(C)c1CCCCCCCCCCCCCCCCCCCCCCCCCCCC(N)=O. The first-order valence-electron chi connectivity index (χ1n) is 31.0. The van der Waals surface area contributed by atoms with Crippen molar-refractivity contribution >= 4 is 11.9 Å². The van der Waals surface area contributed by atoms with E-state index in [0.29, 0.717) is 12.8 Å². The topological polar surface area (TPSA) is 80.4 Å². The summed E-state index contributed by atoms with van der Waals surface area (Å²) < 4.78 is 0. The van der Waals surface area contributed by atoms with Gasteiger partial charge in [0.1, 0.15) is 0 Å². The van der Waals surface area contributed by atoms with Crippen molar-refractivity contribution in [1.82, 2.24) is 0 Å². The van der Waals surface area contributed by atoms with E-state index in [4.69, 9.17) is 10.8 Å². The summed E-state index contributed by atoms with van der Waals surface area (Å²) in [6, 6.07) is 4.85. The lowest BCUT2D eigenvalue weighted by Gasteiger charge is -2.15. The van der Waals surface area contributed by atoms with Crippen LogP contribution < -0.4 is 5.73 Å². The van der Waals surface area contributed by atoms with Crippen LogP contribution in [0, 0.1) is 13.8 Å². The minimum atomic E-state index is -0.649. The summed E-state index contributed by atoms with van der Waals surface area (Å²) in [5.74, 6) is -0.799. The third-order valence-electron chi connectivity index (χ3n) is 15.6. The van der Waals surface area contributed by atoms with E-state index in [0.717, 1.165) is 25.7 Å². The molecule has 4 nitrogen and oxygen atoms in total. The normalized spacial score (nSPS) is 11.6. The van der Waals surface area contributed by atoms with E-state index in [9.17, 15) is 9.59 Å². The molecule has 0 aliphatic rings. The van der Waals surface area contributed by atoms with Crippen molar-refractivity contribution in [3.05, 3.63) is 34.4 Å². The number of aliphatic carboxylic acids is 1. The molecular formula is C64H119NO3. The van der Waals surface area contributed by atoms with E-state index in [1.165, 1.54) is 314 Å². The Kier molecular flexibility index (Phi) is 48.6. The van der Waals surface area contributed by atoms with E-state index >= 15 is 0 Å². The van der Waals surface area contributed by atoms with Gasteiger partial charge in [-0.2, -0.15) is 0 Å². The van der Waals surface area contributed by atoms with Crippen LogP contribution in [0.2, 0.25) is 0 Å². The molecular weight excluding hydrogens is 831 g/mol. The molecule has 0 aliphatic heterocycles. The van der Waals surface area contributed by atoms with E-state index < -0.39 is 5.97 Å². The highest BCUT2D eigenvalue weighted by Gasteiger charge is 2.08. The molecule has 0 bridgehead atoms. The van der Waals surface area contributed by atoms with Gasteiger partial charge in [-0.05, 0) is 74.6 Å². The van der Waals surface area contributed by atoms with Gasteiger partial charge in [0.15, 0.2) is 0 Å². The average Bonchev–Trinajstić information content (AvgIpc) is 3.32. The molecule has 1 rings (SSSR count). The van der Waals surface area contributed by atoms with Gasteiger partial charge < -0.3 is 10.8 Å². The summed E-state index contributed by atoms with van der Waals surface area (Å²) in [5.41, 5.74) is 11.6. The quantitative estimate of drug-likeness (QED) is 0.0639. The number of carbonyl (C=O) groups is 2. The summed E-state index contributed by atoms with van der Waals surface area (Å²) in [7, 11) is 0. The largest absolute Gasteiger partial charge is 0.481 e. The summed E-state index contributed by atoms with van der Waals surface area (Å²) >= 11 is 0. The van der Waals surface area contributed by atoms with Gasteiger partial charge in [0, 0.05) is 12.8 Å². The predicted molar refractivity (Wildman–Crippen MR) is 300 cm³/mol. The number of benzene rings is 1. The Balaban J connectivity index is 1.83. The number of carboxylic acid groups (broad SMARTS) is 1. The maximum Gasteiger partial charge on any atom is 0.303 e. The number of amides is 1. The molecule has 0 saturated heterocycles. The van der Waals surface area contributed by atoms with Gasteiger partial charge in [-0.15, -0.1) is 0 Å². The zero-order chi connectivity index (χ0) is 49.1. The Morgan fingerprint density at radius 3 is 0.794 bits per heavy atom. The summed E-state index contributed by atoms with van der Waals surface area (Å²) in [6.45, 7) is 4.76. The van der Waals surface area contributed by atoms with Gasteiger partial charge in [-0.3, -0.25) is 9.59 Å². The average molecular weight is 951 g/mol. The van der Waals surface area contributed by atoms with E-state index in [2.05, 4.69) is 26.0 Å². The van der Waals surface area contributed by atoms with Crippen LogP contribution in [0.15, 0.2) is 12.1 Å². The zero-order valence-corrected chi connectivity index (χ0v) is 46.2. The lowest BCUT2D eigenvalue weighted by atomic mass is 9.91. The van der Waals surface area contributed by atoms with Crippen molar-refractivity contribution in [2.45, 2.75) is 361 Å². The van der Waals surface area contributed by atoms with Gasteiger partial charge in [0.2, 0.25) is 5.91 Å². The number of primary amides is 1. The van der Waals surface area contributed by atoms with Gasteiger partial charge in [0.25, 0.3) is 0 Å². The second kappa shape index (κ2) is 51.5. The minimum Gasteiger partial charge on any atom is -0.481 e. The molecule has 0 radical (unpaired) electrons. The molecule has 0 heterocycles. The Bertz CT molecular complexity index is 1230. The van der Waals surface area contributed by atoms with Gasteiger partial charge in [-0.1, -0.05) is 307 Å². The molecule has 0 aromatic heterocycles. The highest BCUT2D eigenvalue weighted by Crippen LogP contribution is 2.24. The Morgan fingerprint density at radius 2 is 0.544 bits per heavy atom. The number of hydrogen-bond donors (Lipinski definition) is 2. The number of nitrogens with two attached hydrogens (primary N) is 1. The maximum absolute atomic E-state index is 10.8. The van der Waals surface area contributed by atoms with Crippen molar-refractivity contribution in [3.63, 3.8) is 0 Å². The third-order valence-corrected chi connectivity index (χ3v) is 15.6. The van der Waals surface area contributed by atoms with Crippen molar-refractivity contribution < 1.29 is 14.7 Å². The molecule has 1 aromatic rings. The Morgan fingerprint density at radius 1 is 0.324 bits per heavy atom. The monoisotopic (exact) mass is 950 g/mol. The first-order valence-corrected chi connectivity index (χ1v) is 31.0. The van der Waals surface area contributed by atoms with Crippen molar-refractivity contribution in [2.75, 3.05) is 0 Å². The fourth-order valence-electron chi connectivity index (χ4n) is 10.9. The maximum atomic E-state index is 10.8. The molecule has 398 valence electrons. The number of carboxylic acids is 1. The highest BCUT2D eigenvalue weighted by molar-refractivity contribution is 5.73. The van der Waals surface area contributed by atoms with Crippen LogP contribution in [-0.4, -0.2) is 17.0 Å². The minimum absolute atomic E-state index is 0.150. The van der Waals surface area contributed by atoms with Crippen LogP contribution in [0.1, 0.15) is 356 Å². The van der Waals surface area contributed by atoms with Crippen molar-refractivity contribution in [3.8, 4) is 0 Å². The van der Waals surface area contributed by atoms with E-state index in [1.807, 2.05) is 0 Å². The summed E-state index contributed by atoms with van der Waals surface area (Å²) in [5, 5.41) is 8.69. The van der Waals surface area contributed by atoms with Crippen molar-refractivity contribution in [2.24, 2.45) is 5.73 Å².